The fraction of sp³-hybridized carbons (Fsp3) is 0.273. The van der Waals surface area contributed by atoms with Crippen LogP contribution in [0.5, 0.6) is 0 Å². The van der Waals surface area contributed by atoms with Gasteiger partial charge in [-0.15, -0.1) is 0 Å². The van der Waals surface area contributed by atoms with E-state index in [4.69, 9.17) is 9.84 Å². The third kappa shape index (κ3) is 3.95. The second-order valence-electron chi connectivity index (χ2n) is 3.46. The summed E-state index contributed by atoms with van der Waals surface area (Å²) in [6.45, 7) is 1.32. The van der Waals surface area contributed by atoms with Crippen molar-refractivity contribution in [2.75, 3.05) is 18.5 Å². The third-order valence-corrected chi connectivity index (χ3v) is 2.14. The molecule has 0 amide bonds. The molecule has 0 heterocycles. The first-order chi connectivity index (χ1) is 8.95. The molecule has 0 aliphatic heterocycles. The number of esters is 1. The highest BCUT2D eigenvalue weighted by Gasteiger charge is 2.18. The number of hydrogen-bond donors (Lipinski definition) is 2. The predicted octanol–water partition coefficient (Wildman–Crippen LogP) is 1.27. The minimum Gasteiger partial charge on any atom is -0.480 e. The normalized spacial score (nSPS) is 9.74. The Morgan fingerprint density at radius 3 is 2.68 bits per heavy atom. The number of nitrogens with zero attached hydrogens (tertiary/aromatic N) is 1. The van der Waals surface area contributed by atoms with Crippen LogP contribution in [0.25, 0.3) is 0 Å². The molecule has 1 rings (SSSR count). The number of ether oxygens (including phenoxy) is 1. The minimum absolute atomic E-state index is 0.0282. The summed E-state index contributed by atoms with van der Waals surface area (Å²) in [7, 11) is 0. The average Bonchev–Trinajstić information content (AvgIpc) is 2.36. The number of anilines is 1. The number of nitro benzene ring substituents is 1. The summed E-state index contributed by atoms with van der Waals surface area (Å²) in [4.78, 5) is 32.0. The second-order valence-corrected chi connectivity index (χ2v) is 3.46. The number of carbonyl (C=O) groups is 2. The van der Waals surface area contributed by atoms with Crippen molar-refractivity contribution >= 4 is 23.3 Å². The zero-order valence-corrected chi connectivity index (χ0v) is 10.1. The summed E-state index contributed by atoms with van der Waals surface area (Å²) < 4.78 is 4.72. The van der Waals surface area contributed by atoms with Crippen LogP contribution in [0.15, 0.2) is 18.2 Å². The number of rotatable bonds is 6. The molecule has 0 unspecified atom stereocenters. The van der Waals surface area contributed by atoms with Gasteiger partial charge in [-0.25, -0.2) is 4.79 Å². The maximum absolute atomic E-state index is 11.4. The van der Waals surface area contributed by atoms with Gasteiger partial charge in [0.2, 0.25) is 0 Å². The van der Waals surface area contributed by atoms with Gasteiger partial charge in [0.05, 0.1) is 17.1 Å². The number of nitro groups is 1. The Bertz CT molecular complexity index is 514. The Balaban J connectivity index is 3.04. The maximum atomic E-state index is 11.4. The second kappa shape index (κ2) is 6.34. The number of carboxylic acids is 1. The summed E-state index contributed by atoms with van der Waals surface area (Å²) in [5.41, 5.74) is -0.318. The molecule has 0 fully saturated rings. The molecule has 0 saturated heterocycles. The van der Waals surface area contributed by atoms with Crippen molar-refractivity contribution in [3.8, 4) is 0 Å². The van der Waals surface area contributed by atoms with Gasteiger partial charge in [0, 0.05) is 6.07 Å². The SMILES string of the molecule is CCOC(=O)c1ccc(NCC(=O)O)c([N+](=O)[O-])c1. The zero-order chi connectivity index (χ0) is 14.4. The van der Waals surface area contributed by atoms with E-state index in [1.807, 2.05) is 0 Å². The first-order valence-electron chi connectivity index (χ1n) is 5.37. The molecule has 8 heteroatoms. The molecule has 19 heavy (non-hydrogen) atoms. The Kier molecular flexibility index (Phi) is 4.81. The van der Waals surface area contributed by atoms with Crippen LogP contribution in [-0.2, 0) is 9.53 Å². The summed E-state index contributed by atoms with van der Waals surface area (Å²) in [6, 6.07) is 3.64. The van der Waals surface area contributed by atoms with Crippen molar-refractivity contribution in [2.45, 2.75) is 6.92 Å². The fourth-order valence-corrected chi connectivity index (χ4v) is 1.34. The molecule has 2 N–H and O–H groups in total. The van der Waals surface area contributed by atoms with Crippen LogP contribution in [0.3, 0.4) is 0 Å². The minimum atomic E-state index is -1.15. The van der Waals surface area contributed by atoms with E-state index in [1.54, 1.807) is 6.92 Å². The number of carbonyl (C=O) groups excluding carboxylic acids is 1. The van der Waals surface area contributed by atoms with Gasteiger partial charge in [-0.05, 0) is 19.1 Å². The van der Waals surface area contributed by atoms with E-state index >= 15 is 0 Å². The number of nitrogens with one attached hydrogen (secondary N) is 1. The van der Waals surface area contributed by atoms with Crippen LogP contribution in [0, 0.1) is 10.1 Å². The van der Waals surface area contributed by atoms with Crippen molar-refractivity contribution in [3.05, 3.63) is 33.9 Å². The fourth-order valence-electron chi connectivity index (χ4n) is 1.34. The monoisotopic (exact) mass is 268 g/mol. The van der Waals surface area contributed by atoms with Gasteiger partial charge in [0.15, 0.2) is 0 Å². The molecule has 1 aromatic rings. The van der Waals surface area contributed by atoms with E-state index in [0.29, 0.717) is 0 Å². The molecule has 0 aliphatic rings. The lowest BCUT2D eigenvalue weighted by atomic mass is 10.1. The highest BCUT2D eigenvalue weighted by Crippen LogP contribution is 2.25. The third-order valence-electron chi connectivity index (χ3n) is 2.14. The molecule has 0 bridgehead atoms. The van der Waals surface area contributed by atoms with Gasteiger partial charge in [0.1, 0.15) is 12.2 Å². The lowest BCUT2D eigenvalue weighted by Gasteiger charge is -2.06. The van der Waals surface area contributed by atoms with Crippen molar-refractivity contribution < 1.29 is 24.4 Å². The first-order valence-corrected chi connectivity index (χ1v) is 5.37. The largest absolute Gasteiger partial charge is 0.480 e. The number of aliphatic carboxylic acids is 1. The highest BCUT2D eigenvalue weighted by molar-refractivity contribution is 5.91. The predicted molar refractivity (Wildman–Crippen MR) is 65.2 cm³/mol. The molecule has 8 nitrogen and oxygen atoms in total. The van der Waals surface area contributed by atoms with Crippen LogP contribution in [-0.4, -0.2) is 35.1 Å². The topological polar surface area (TPSA) is 119 Å². The van der Waals surface area contributed by atoms with Crippen molar-refractivity contribution in [3.63, 3.8) is 0 Å². The molecule has 0 atom stereocenters. The summed E-state index contributed by atoms with van der Waals surface area (Å²) in [6.07, 6.45) is 0. The smallest absolute Gasteiger partial charge is 0.338 e. The van der Waals surface area contributed by atoms with E-state index in [1.165, 1.54) is 12.1 Å². The van der Waals surface area contributed by atoms with E-state index < -0.39 is 23.4 Å². The average molecular weight is 268 g/mol. The van der Waals surface area contributed by atoms with Gasteiger partial charge in [0.25, 0.3) is 5.69 Å². The maximum Gasteiger partial charge on any atom is 0.338 e. The zero-order valence-electron chi connectivity index (χ0n) is 10.1. The molecule has 0 aromatic heterocycles. The summed E-state index contributed by atoms with van der Waals surface area (Å²) >= 11 is 0. The van der Waals surface area contributed by atoms with Crippen molar-refractivity contribution in [1.82, 2.24) is 0 Å². The Morgan fingerprint density at radius 1 is 1.47 bits per heavy atom. The van der Waals surface area contributed by atoms with Crippen LogP contribution in [0.4, 0.5) is 11.4 Å². The van der Waals surface area contributed by atoms with Gasteiger partial charge in [-0.3, -0.25) is 14.9 Å². The van der Waals surface area contributed by atoms with Crippen LogP contribution >= 0.6 is 0 Å². The standard InChI is InChI=1S/C11H12N2O6/c1-2-19-11(16)7-3-4-8(12-6-10(14)15)9(5-7)13(17)18/h3-5,12H,2,6H2,1H3,(H,14,15). The van der Waals surface area contributed by atoms with Gasteiger partial charge < -0.3 is 15.2 Å². The van der Waals surface area contributed by atoms with Gasteiger partial charge >= 0.3 is 11.9 Å². The number of benzene rings is 1. The molecular formula is C11H12N2O6. The number of carboxylic acid groups (broad SMARTS) is 1. The lowest BCUT2D eigenvalue weighted by Crippen LogP contribution is -2.14. The molecule has 0 aliphatic carbocycles. The quantitative estimate of drug-likeness (QED) is 0.453. The van der Waals surface area contributed by atoms with Crippen LogP contribution < -0.4 is 5.32 Å². The van der Waals surface area contributed by atoms with E-state index in [0.717, 1.165) is 6.07 Å². The summed E-state index contributed by atoms with van der Waals surface area (Å²) in [5.74, 6) is -1.82. The number of hydrogen-bond acceptors (Lipinski definition) is 6. The molecular weight excluding hydrogens is 256 g/mol. The van der Waals surface area contributed by atoms with Crippen molar-refractivity contribution in [2.24, 2.45) is 0 Å². The van der Waals surface area contributed by atoms with Crippen LogP contribution in [0.2, 0.25) is 0 Å². The van der Waals surface area contributed by atoms with Crippen molar-refractivity contribution in [1.29, 1.82) is 0 Å². The van der Waals surface area contributed by atoms with E-state index in [9.17, 15) is 19.7 Å². The molecule has 0 spiro atoms. The van der Waals surface area contributed by atoms with Crippen LogP contribution in [0.1, 0.15) is 17.3 Å². The highest BCUT2D eigenvalue weighted by atomic mass is 16.6. The van der Waals surface area contributed by atoms with Gasteiger partial charge in [-0.1, -0.05) is 0 Å². The van der Waals surface area contributed by atoms with Gasteiger partial charge in [-0.2, -0.15) is 0 Å². The molecule has 0 saturated carbocycles. The van der Waals surface area contributed by atoms with E-state index in [-0.39, 0.29) is 23.5 Å². The molecule has 1 aromatic carbocycles. The summed E-state index contributed by atoms with van der Waals surface area (Å²) in [5, 5.41) is 21.8. The lowest BCUT2D eigenvalue weighted by molar-refractivity contribution is -0.384. The molecule has 0 radical (unpaired) electrons. The Hall–Kier alpha value is -2.64. The van der Waals surface area contributed by atoms with E-state index in [2.05, 4.69) is 5.32 Å². The first kappa shape index (κ1) is 14.4. The Labute approximate surface area is 108 Å². The Morgan fingerprint density at radius 2 is 2.16 bits per heavy atom. The molecule has 102 valence electrons.